The number of rotatable bonds is 12. The molecule has 1 fully saturated rings. The van der Waals surface area contributed by atoms with Gasteiger partial charge in [-0.25, -0.2) is 9.99 Å². The van der Waals surface area contributed by atoms with Gasteiger partial charge in [0.1, 0.15) is 5.37 Å². The van der Waals surface area contributed by atoms with Crippen molar-refractivity contribution in [3.63, 3.8) is 0 Å². The Bertz CT molecular complexity index is 1680. The summed E-state index contributed by atoms with van der Waals surface area (Å²) < 4.78 is 34.8. The molecule has 1 aliphatic rings. The van der Waals surface area contributed by atoms with E-state index in [2.05, 4.69) is 10.4 Å². The van der Waals surface area contributed by atoms with Crippen LogP contribution in [-0.4, -0.2) is 70.2 Å². The van der Waals surface area contributed by atoms with E-state index in [0.29, 0.717) is 50.5 Å². The highest BCUT2D eigenvalue weighted by atomic mass is 32.2. The molecule has 0 bridgehead atoms. The molecule has 1 N–H and O–H groups in total. The molecule has 1 unspecified atom stereocenters. The summed E-state index contributed by atoms with van der Waals surface area (Å²) in [4.78, 5) is 32.1. The number of nitrogens with zero attached hydrogens (tertiary/aromatic N) is 2. The van der Waals surface area contributed by atoms with Gasteiger partial charge in [0.05, 0.1) is 63.5 Å². The van der Waals surface area contributed by atoms with Gasteiger partial charge < -0.3 is 28.4 Å². The third-order valence-electron chi connectivity index (χ3n) is 6.71. The van der Waals surface area contributed by atoms with Crippen LogP contribution in [0.15, 0.2) is 57.8 Å². The van der Waals surface area contributed by atoms with E-state index in [-0.39, 0.29) is 11.7 Å². The first-order chi connectivity index (χ1) is 21.8. The Hall–Kier alpha value is -4.27. The van der Waals surface area contributed by atoms with Crippen molar-refractivity contribution in [1.29, 1.82) is 0 Å². The monoisotopic (exact) mass is 669 g/mol. The van der Waals surface area contributed by atoms with Gasteiger partial charge in [-0.1, -0.05) is 35.7 Å². The van der Waals surface area contributed by atoms with E-state index >= 15 is 0 Å². The highest BCUT2D eigenvalue weighted by molar-refractivity contribution is 8.04. The molecule has 0 spiro atoms. The summed E-state index contributed by atoms with van der Waals surface area (Å²) in [5.74, 6) is 1.86. The number of ether oxygens (including phenoxy) is 6. The lowest BCUT2D eigenvalue weighted by atomic mass is 10.1. The molecule has 2 amide bonds. The predicted octanol–water partition coefficient (Wildman–Crippen LogP) is 5.79. The summed E-state index contributed by atoms with van der Waals surface area (Å²) in [6.45, 7) is 0. The number of nitrogens with one attached hydrogen (secondary N) is 1. The second-order valence-electron chi connectivity index (χ2n) is 9.34. The maximum atomic E-state index is 13.9. The number of hydrogen-bond donors (Lipinski definition) is 1. The second-order valence-corrected chi connectivity index (χ2v) is 12.7. The molecule has 5 rings (SSSR count). The molecule has 236 valence electrons. The number of carbonyl (C=O) groups is 2. The lowest BCUT2D eigenvalue weighted by Crippen LogP contribution is -2.45. The van der Waals surface area contributed by atoms with E-state index in [9.17, 15) is 9.59 Å². The average molecular weight is 670 g/mol. The van der Waals surface area contributed by atoms with Crippen molar-refractivity contribution in [2.24, 2.45) is 0 Å². The fourth-order valence-corrected chi connectivity index (χ4v) is 7.69. The number of carbonyl (C=O) groups excluding carboxylic acids is 2. The normalized spacial score (nSPS) is 15.3. The molecule has 0 saturated carbocycles. The minimum absolute atomic E-state index is 0.0577. The molecule has 14 heteroatoms. The third-order valence-corrected chi connectivity index (χ3v) is 10.1. The van der Waals surface area contributed by atoms with E-state index in [1.807, 2.05) is 24.3 Å². The molecule has 1 aromatic heterocycles. The largest absolute Gasteiger partial charge is 0.493 e. The van der Waals surface area contributed by atoms with Crippen molar-refractivity contribution >= 4 is 63.0 Å². The summed E-state index contributed by atoms with van der Waals surface area (Å²) in [5.41, 5.74) is 4.99. The number of hydrazine groups is 1. The van der Waals surface area contributed by atoms with E-state index in [0.717, 1.165) is 14.6 Å². The molecule has 1 aliphatic heterocycles. The van der Waals surface area contributed by atoms with Gasteiger partial charge in [0.2, 0.25) is 17.4 Å². The number of para-hydroxylation sites is 1. The fourth-order valence-electron chi connectivity index (χ4n) is 4.66. The van der Waals surface area contributed by atoms with Crippen molar-refractivity contribution in [3.8, 4) is 34.5 Å². The predicted molar refractivity (Wildman–Crippen MR) is 176 cm³/mol. The number of amides is 2. The van der Waals surface area contributed by atoms with Gasteiger partial charge in [-0.05, 0) is 53.6 Å². The molecule has 0 radical (unpaired) electrons. The molecule has 45 heavy (non-hydrogen) atoms. The molecule has 1 saturated heterocycles. The number of thioether (sulfide) groups is 2. The molecule has 1 atom stereocenters. The van der Waals surface area contributed by atoms with Crippen LogP contribution in [0.4, 0.5) is 0 Å². The number of fused-ring (bicyclic) bond motifs is 1. The minimum atomic E-state index is -0.657. The molecule has 3 aromatic carbocycles. The Labute approximate surface area is 272 Å². The SMILES string of the molecule is COc1cc(/C=C2\SC(c3cc(OC)c(OC)c(OC)c3)N(NC(=O)CSc3nc4ccccc4s3)C2=O)cc(OC)c1OC. The lowest BCUT2D eigenvalue weighted by molar-refractivity contribution is -0.137. The molecule has 0 aliphatic carbocycles. The number of hydrogen-bond acceptors (Lipinski definition) is 12. The average Bonchev–Trinajstić information content (AvgIpc) is 3.62. The molecular formula is C31H31N3O8S3. The third kappa shape index (κ3) is 6.72. The standard InChI is InChI=1S/C31H31N3O8S3/c1-37-20-11-17(12-21(38-2)27(20)41-5)13-25-29(36)34(30(44-25)18-14-22(39-3)28(42-6)23(15-18)40-4)33-26(35)16-43-31-32-19-9-7-8-10-24(19)45-31/h7-15,30H,16H2,1-6H3,(H,33,35)/b25-13-. The van der Waals surface area contributed by atoms with Crippen molar-refractivity contribution < 1.29 is 38.0 Å². The quantitative estimate of drug-likeness (QED) is 0.146. The van der Waals surface area contributed by atoms with Gasteiger partial charge in [-0.3, -0.25) is 15.0 Å². The lowest BCUT2D eigenvalue weighted by Gasteiger charge is -2.25. The first kappa shape index (κ1) is 32.1. The summed E-state index contributed by atoms with van der Waals surface area (Å²) in [6.07, 6.45) is 1.71. The van der Waals surface area contributed by atoms with Gasteiger partial charge >= 0.3 is 0 Å². The van der Waals surface area contributed by atoms with Gasteiger partial charge in [0, 0.05) is 0 Å². The smallest absolute Gasteiger partial charge is 0.280 e. The maximum Gasteiger partial charge on any atom is 0.280 e. The van der Waals surface area contributed by atoms with Crippen LogP contribution in [0.3, 0.4) is 0 Å². The first-order valence-corrected chi connectivity index (χ1v) is 16.1. The van der Waals surface area contributed by atoms with Crippen molar-refractivity contribution in [3.05, 3.63) is 64.6 Å². The Morgan fingerprint density at radius 1 is 0.889 bits per heavy atom. The van der Waals surface area contributed by atoms with Crippen LogP contribution >= 0.6 is 34.9 Å². The van der Waals surface area contributed by atoms with Gasteiger partial charge in [-0.2, -0.15) is 0 Å². The number of aromatic nitrogens is 1. The summed E-state index contributed by atoms with van der Waals surface area (Å²) >= 11 is 4.08. The van der Waals surface area contributed by atoms with Crippen LogP contribution in [0.25, 0.3) is 16.3 Å². The van der Waals surface area contributed by atoms with Crippen molar-refractivity contribution in [2.45, 2.75) is 9.71 Å². The van der Waals surface area contributed by atoms with Crippen molar-refractivity contribution in [1.82, 2.24) is 15.4 Å². The molecule has 4 aromatic rings. The molecule has 11 nitrogen and oxygen atoms in total. The van der Waals surface area contributed by atoms with E-state index in [4.69, 9.17) is 28.4 Å². The van der Waals surface area contributed by atoms with Crippen LogP contribution < -0.4 is 33.8 Å². The highest BCUT2D eigenvalue weighted by Crippen LogP contribution is 2.49. The molecule has 2 heterocycles. The minimum Gasteiger partial charge on any atom is -0.493 e. The van der Waals surface area contributed by atoms with Crippen molar-refractivity contribution in [2.75, 3.05) is 48.4 Å². The number of benzene rings is 3. The van der Waals surface area contributed by atoms with E-state index in [1.54, 1.807) is 30.3 Å². The van der Waals surface area contributed by atoms with Crippen LogP contribution in [0, 0.1) is 0 Å². The summed E-state index contributed by atoms with van der Waals surface area (Å²) in [6, 6.07) is 14.8. The van der Waals surface area contributed by atoms with Gasteiger partial charge in [-0.15, -0.1) is 11.3 Å². The zero-order valence-electron chi connectivity index (χ0n) is 25.4. The zero-order chi connectivity index (χ0) is 32.1. The second kappa shape index (κ2) is 14.2. The Morgan fingerprint density at radius 2 is 1.47 bits per heavy atom. The maximum absolute atomic E-state index is 13.9. The van der Waals surface area contributed by atoms with Gasteiger partial charge in [0.15, 0.2) is 27.3 Å². The summed E-state index contributed by atoms with van der Waals surface area (Å²) in [7, 11) is 9.11. The fraction of sp³-hybridized carbons (Fsp3) is 0.258. The van der Waals surface area contributed by atoms with Crippen LogP contribution in [0.1, 0.15) is 16.5 Å². The van der Waals surface area contributed by atoms with Crippen LogP contribution in [-0.2, 0) is 9.59 Å². The highest BCUT2D eigenvalue weighted by Gasteiger charge is 2.39. The van der Waals surface area contributed by atoms with Crippen LogP contribution in [0.5, 0.6) is 34.5 Å². The Morgan fingerprint density at radius 3 is 2.02 bits per heavy atom. The zero-order valence-corrected chi connectivity index (χ0v) is 27.8. The Kier molecular flexibility index (Phi) is 10.2. The number of methoxy groups -OCH3 is 6. The van der Waals surface area contributed by atoms with Crippen LogP contribution in [0.2, 0.25) is 0 Å². The van der Waals surface area contributed by atoms with E-state index < -0.39 is 11.3 Å². The Balaban J connectivity index is 1.48. The van der Waals surface area contributed by atoms with E-state index in [1.165, 1.54) is 82.5 Å². The number of thiazole rings is 1. The topological polar surface area (TPSA) is 118 Å². The summed E-state index contributed by atoms with van der Waals surface area (Å²) in [5, 5.41) is 0.659. The van der Waals surface area contributed by atoms with Gasteiger partial charge in [0.25, 0.3) is 5.91 Å². The molecular weight excluding hydrogens is 639 g/mol. The first-order valence-electron chi connectivity index (χ1n) is 13.4.